The lowest BCUT2D eigenvalue weighted by atomic mass is 9.98. The quantitative estimate of drug-likeness (QED) is 0.821. The Balaban J connectivity index is 2.92. The van der Waals surface area contributed by atoms with Crippen molar-refractivity contribution in [3.63, 3.8) is 0 Å². The second kappa shape index (κ2) is 5.21. The minimum atomic E-state index is 0.477. The highest BCUT2D eigenvalue weighted by Gasteiger charge is 2.13. The van der Waals surface area contributed by atoms with Crippen molar-refractivity contribution in [1.82, 2.24) is 15.3 Å². The monoisotopic (exact) mass is 207 g/mol. The number of nitrogens with zero attached hydrogens (tertiary/aromatic N) is 2. The van der Waals surface area contributed by atoms with Crippen LogP contribution in [0, 0.1) is 20.8 Å². The highest BCUT2D eigenvalue weighted by atomic mass is 14.9. The standard InChI is InChI=1S/C12H21N3/c1-6-13-7-8(2)12-9(3)14-11(5)15-10(12)4/h8,13H,6-7H2,1-5H3. The molecule has 0 radical (unpaired) electrons. The molecule has 0 fully saturated rings. The summed E-state index contributed by atoms with van der Waals surface area (Å²) in [5.41, 5.74) is 3.53. The zero-order valence-electron chi connectivity index (χ0n) is 10.4. The van der Waals surface area contributed by atoms with Crippen molar-refractivity contribution in [2.75, 3.05) is 13.1 Å². The van der Waals surface area contributed by atoms with Gasteiger partial charge in [0, 0.05) is 17.9 Å². The maximum absolute atomic E-state index is 4.42. The zero-order valence-corrected chi connectivity index (χ0v) is 10.4. The molecule has 84 valence electrons. The molecular weight excluding hydrogens is 186 g/mol. The fourth-order valence-electron chi connectivity index (χ4n) is 2.07. The van der Waals surface area contributed by atoms with Gasteiger partial charge in [-0.05, 0) is 38.8 Å². The van der Waals surface area contributed by atoms with Crippen LogP contribution < -0.4 is 5.32 Å². The molecule has 1 aromatic heterocycles. The Morgan fingerprint density at radius 1 is 1.13 bits per heavy atom. The van der Waals surface area contributed by atoms with Gasteiger partial charge < -0.3 is 5.32 Å². The molecule has 0 amide bonds. The number of aryl methyl sites for hydroxylation is 3. The number of likely N-dealkylation sites (N-methyl/N-ethyl adjacent to an activating group) is 1. The van der Waals surface area contributed by atoms with E-state index in [9.17, 15) is 0 Å². The van der Waals surface area contributed by atoms with E-state index in [0.717, 1.165) is 30.3 Å². The van der Waals surface area contributed by atoms with Crippen molar-refractivity contribution in [2.24, 2.45) is 0 Å². The molecule has 1 unspecified atom stereocenters. The van der Waals surface area contributed by atoms with Crippen LogP contribution in [0.25, 0.3) is 0 Å². The van der Waals surface area contributed by atoms with E-state index in [-0.39, 0.29) is 0 Å². The molecule has 0 aliphatic heterocycles. The van der Waals surface area contributed by atoms with Crippen LogP contribution in [0.2, 0.25) is 0 Å². The summed E-state index contributed by atoms with van der Waals surface area (Å²) in [5, 5.41) is 3.36. The SMILES string of the molecule is CCNCC(C)c1c(C)nc(C)nc1C. The lowest BCUT2D eigenvalue weighted by Crippen LogP contribution is -2.21. The molecule has 3 nitrogen and oxygen atoms in total. The molecule has 0 aliphatic carbocycles. The molecule has 0 aliphatic rings. The lowest BCUT2D eigenvalue weighted by molar-refractivity contribution is 0.623. The normalized spacial score (nSPS) is 12.9. The van der Waals surface area contributed by atoms with Gasteiger partial charge in [0.05, 0.1) is 0 Å². The van der Waals surface area contributed by atoms with Crippen LogP contribution in [0.4, 0.5) is 0 Å². The summed E-state index contributed by atoms with van der Waals surface area (Å²) in [4.78, 5) is 8.85. The summed E-state index contributed by atoms with van der Waals surface area (Å²) in [6, 6.07) is 0. The summed E-state index contributed by atoms with van der Waals surface area (Å²) >= 11 is 0. The van der Waals surface area contributed by atoms with Crippen LogP contribution in [-0.2, 0) is 0 Å². The number of hydrogen-bond acceptors (Lipinski definition) is 3. The predicted molar refractivity (Wildman–Crippen MR) is 63.2 cm³/mol. The summed E-state index contributed by atoms with van der Waals surface area (Å²) < 4.78 is 0. The maximum atomic E-state index is 4.42. The van der Waals surface area contributed by atoms with Crippen LogP contribution in [-0.4, -0.2) is 23.1 Å². The van der Waals surface area contributed by atoms with Crippen LogP contribution in [0.15, 0.2) is 0 Å². The number of rotatable bonds is 4. The van der Waals surface area contributed by atoms with Crippen molar-refractivity contribution in [3.8, 4) is 0 Å². The average Bonchev–Trinajstić information content (AvgIpc) is 2.12. The Morgan fingerprint density at radius 3 is 2.13 bits per heavy atom. The van der Waals surface area contributed by atoms with Crippen LogP contribution >= 0.6 is 0 Å². The maximum Gasteiger partial charge on any atom is 0.125 e. The number of hydrogen-bond donors (Lipinski definition) is 1. The van der Waals surface area contributed by atoms with Crippen molar-refractivity contribution >= 4 is 0 Å². The van der Waals surface area contributed by atoms with E-state index in [0.29, 0.717) is 5.92 Å². The third kappa shape index (κ3) is 2.99. The number of aromatic nitrogens is 2. The van der Waals surface area contributed by atoms with Gasteiger partial charge in [-0.2, -0.15) is 0 Å². The minimum absolute atomic E-state index is 0.477. The van der Waals surface area contributed by atoms with Gasteiger partial charge in [-0.25, -0.2) is 9.97 Å². The Hall–Kier alpha value is -0.960. The third-order valence-electron chi connectivity index (χ3n) is 2.63. The first-order valence-electron chi connectivity index (χ1n) is 5.58. The van der Waals surface area contributed by atoms with E-state index in [2.05, 4.69) is 43.0 Å². The van der Waals surface area contributed by atoms with Gasteiger partial charge >= 0.3 is 0 Å². The molecule has 1 atom stereocenters. The lowest BCUT2D eigenvalue weighted by Gasteiger charge is -2.16. The largest absolute Gasteiger partial charge is 0.316 e. The van der Waals surface area contributed by atoms with Gasteiger partial charge in [0.1, 0.15) is 5.82 Å². The molecule has 1 aromatic rings. The fourth-order valence-corrected chi connectivity index (χ4v) is 2.07. The molecule has 1 N–H and O–H groups in total. The fraction of sp³-hybridized carbons (Fsp3) is 0.667. The highest BCUT2D eigenvalue weighted by molar-refractivity contribution is 5.28. The molecule has 1 rings (SSSR count). The van der Waals surface area contributed by atoms with Gasteiger partial charge in [-0.1, -0.05) is 13.8 Å². The van der Waals surface area contributed by atoms with Gasteiger partial charge in [0.25, 0.3) is 0 Å². The van der Waals surface area contributed by atoms with Crippen LogP contribution in [0.3, 0.4) is 0 Å². The molecule has 1 heterocycles. The Morgan fingerprint density at radius 2 is 1.67 bits per heavy atom. The summed E-state index contributed by atoms with van der Waals surface area (Å²) in [6.07, 6.45) is 0. The molecule has 0 saturated carbocycles. The van der Waals surface area contributed by atoms with Gasteiger partial charge in [-0.3, -0.25) is 0 Å². The Labute approximate surface area is 92.3 Å². The Kier molecular flexibility index (Phi) is 4.21. The molecular formula is C12H21N3. The minimum Gasteiger partial charge on any atom is -0.316 e. The first-order chi connectivity index (χ1) is 7.06. The van der Waals surface area contributed by atoms with E-state index in [1.54, 1.807) is 0 Å². The smallest absolute Gasteiger partial charge is 0.125 e. The Bertz CT molecular complexity index is 311. The van der Waals surface area contributed by atoms with Gasteiger partial charge in [0.15, 0.2) is 0 Å². The van der Waals surface area contributed by atoms with Gasteiger partial charge in [-0.15, -0.1) is 0 Å². The zero-order chi connectivity index (χ0) is 11.4. The molecule has 0 bridgehead atoms. The summed E-state index contributed by atoms with van der Waals surface area (Å²) in [7, 11) is 0. The molecule has 15 heavy (non-hydrogen) atoms. The first kappa shape index (κ1) is 12.1. The highest BCUT2D eigenvalue weighted by Crippen LogP contribution is 2.20. The predicted octanol–water partition coefficient (Wildman–Crippen LogP) is 2.11. The van der Waals surface area contributed by atoms with Crippen LogP contribution in [0.5, 0.6) is 0 Å². The van der Waals surface area contributed by atoms with E-state index in [1.807, 2.05) is 6.92 Å². The topological polar surface area (TPSA) is 37.8 Å². The van der Waals surface area contributed by atoms with E-state index < -0.39 is 0 Å². The van der Waals surface area contributed by atoms with Crippen molar-refractivity contribution in [1.29, 1.82) is 0 Å². The van der Waals surface area contributed by atoms with E-state index >= 15 is 0 Å². The molecule has 0 aromatic carbocycles. The molecule has 0 spiro atoms. The van der Waals surface area contributed by atoms with Crippen molar-refractivity contribution < 1.29 is 0 Å². The second-order valence-electron chi connectivity index (χ2n) is 4.06. The average molecular weight is 207 g/mol. The second-order valence-corrected chi connectivity index (χ2v) is 4.06. The van der Waals surface area contributed by atoms with E-state index in [4.69, 9.17) is 0 Å². The van der Waals surface area contributed by atoms with E-state index in [1.165, 1.54) is 5.56 Å². The summed E-state index contributed by atoms with van der Waals surface area (Å²) in [5.74, 6) is 1.34. The van der Waals surface area contributed by atoms with Crippen molar-refractivity contribution in [3.05, 3.63) is 22.8 Å². The molecule has 0 saturated heterocycles. The van der Waals surface area contributed by atoms with Crippen LogP contribution in [0.1, 0.15) is 42.5 Å². The number of nitrogens with one attached hydrogen (secondary N) is 1. The molecule has 3 heteroatoms. The summed E-state index contributed by atoms with van der Waals surface area (Å²) in [6.45, 7) is 12.4. The first-order valence-corrected chi connectivity index (χ1v) is 5.58. The van der Waals surface area contributed by atoms with Crippen molar-refractivity contribution in [2.45, 2.75) is 40.5 Å². The third-order valence-corrected chi connectivity index (χ3v) is 2.63. The van der Waals surface area contributed by atoms with Gasteiger partial charge in [0.2, 0.25) is 0 Å².